The molecule has 1 aromatic carbocycles. The second-order valence-corrected chi connectivity index (χ2v) is 13.7. The second kappa shape index (κ2) is 9.89. The fourth-order valence-corrected chi connectivity index (χ4v) is 5.43. The monoisotopic (exact) mass is 584 g/mol. The van der Waals surface area contributed by atoms with E-state index in [2.05, 4.69) is 24.8 Å². The molecule has 0 unspecified atom stereocenters. The number of fused-ring (bicyclic) bond motifs is 3. The average Bonchev–Trinajstić information content (AvgIpc) is 3.50. The molecule has 4 aromatic rings. The van der Waals surface area contributed by atoms with Crippen molar-refractivity contribution >= 4 is 46.9 Å². The van der Waals surface area contributed by atoms with Gasteiger partial charge in [0.1, 0.15) is 23.1 Å². The SMILES string of the molecule is Cc1ncc(Oc2nc(N3C[C@H](N)C4(CC4)C3)c3c(n2)[nH]c2c(N(C)C(=O)OCOP(C)(C)=O)cc(F)cc23)cn1. The third kappa shape index (κ3) is 5.30. The summed E-state index contributed by atoms with van der Waals surface area (Å²) in [6, 6.07) is 2.61. The van der Waals surface area contributed by atoms with Crippen molar-refractivity contribution in [2.75, 3.05) is 50.1 Å². The van der Waals surface area contributed by atoms with Crippen molar-refractivity contribution < 1.29 is 27.7 Å². The van der Waals surface area contributed by atoms with Crippen molar-refractivity contribution in [3.63, 3.8) is 0 Å². The first kappa shape index (κ1) is 27.3. The second-order valence-electron chi connectivity index (χ2n) is 10.9. The number of carbonyl (C=O) groups excluding carboxylic acids is 1. The minimum atomic E-state index is -2.86. The number of carbonyl (C=O) groups is 1. The molecule has 2 fully saturated rings. The van der Waals surface area contributed by atoms with Gasteiger partial charge < -0.3 is 25.1 Å². The molecular weight excluding hydrogens is 554 g/mol. The smallest absolute Gasteiger partial charge is 0.416 e. The Morgan fingerprint density at radius 3 is 2.66 bits per heavy atom. The molecule has 216 valence electrons. The van der Waals surface area contributed by atoms with Crippen molar-refractivity contribution in [2.24, 2.45) is 11.1 Å². The highest BCUT2D eigenvalue weighted by Crippen LogP contribution is 2.53. The standard InChI is InChI=1S/C26H30FN8O5P/c1-14-29-9-16(10-30-14)40-24-32-22-20(23(33-24)35-11-19(28)26(12-35)5-6-26)17-7-15(27)8-18(21(17)31-22)34(2)25(36)38-13-39-41(3,4)37/h7-10,19H,5-6,11-13,28H2,1-4H3,(H,31,32,33)/t19-/m0/s1. The molecule has 3 N–H and O–H groups in total. The molecule has 1 amide bonds. The molecule has 15 heteroatoms. The number of anilines is 2. The zero-order valence-corrected chi connectivity index (χ0v) is 23.9. The number of ether oxygens (including phenoxy) is 2. The lowest BCUT2D eigenvalue weighted by Gasteiger charge is -2.19. The quantitative estimate of drug-likeness (QED) is 0.237. The van der Waals surface area contributed by atoms with E-state index in [1.807, 2.05) is 0 Å². The number of nitrogens with one attached hydrogen (secondary N) is 1. The molecule has 4 heterocycles. The van der Waals surface area contributed by atoms with Crippen LogP contribution in [0.1, 0.15) is 18.7 Å². The van der Waals surface area contributed by atoms with Gasteiger partial charge in [0, 0.05) is 50.3 Å². The van der Waals surface area contributed by atoms with E-state index in [1.165, 1.54) is 44.9 Å². The number of rotatable bonds is 7. The van der Waals surface area contributed by atoms with Gasteiger partial charge in [-0.25, -0.2) is 19.2 Å². The molecule has 2 aliphatic rings. The summed E-state index contributed by atoms with van der Waals surface area (Å²) in [7, 11) is -1.42. The normalized spacial score (nSPS) is 17.9. The van der Waals surface area contributed by atoms with Crippen LogP contribution in [0.3, 0.4) is 0 Å². The number of aryl methyl sites for hydroxylation is 1. The van der Waals surface area contributed by atoms with Gasteiger partial charge in [-0.3, -0.25) is 14.0 Å². The van der Waals surface area contributed by atoms with Gasteiger partial charge >= 0.3 is 12.1 Å². The summed E-state index contributed by atoms with van der Waals surface area (Å²) in [5, 5.41) is 1.05. The van der Waals surface area contributed by atoms with Gasteiger partial charge in [0.2, 0.25) is 6.79 Å². The van der Waals surface area contributed by atoms with Crippen LogP contribution in [0.2, 0.25) is 0 Å². The molecule has 3 aromatic heterocycles. The highest BCUT2D eigenvalue weighted by Gasteiger charge is 2.54. The third-order valence-electron chi connectivity index (χ3n) is 7.51. The molecule has 0 radical (unpaired) electrons. The Labute approximate surface area is 234 Å². The van der Waals surface area contributed by atoms with Crippen LogP contribution in [0.25, 0.3) is 21.9 Å². The van der Waals surface area contributed by atoms with Gasteiger partial charge in [-0.1, -0.05) is 0 Å². The van der Waals surface area contributed by atoms with Crippen LogP contribution < -0.4 is 20.3 Å². The largest absolute Gasteiger partial charge is 0.422 e. The fraction of sp³-hybridized carbons (Fsp3) is 0.423. The van der Waals surface area contributed by atoms with E-state index in [1.54, 1.807) is 6.92 Å². The fourth-order valence-electron chi connectivity index (χ4n) is 5.13. The van der Waals surface area contributed by atoms with Crippen LogP contribution in [-0.2, 0) is 13.8 Å². The van der Waals surface area contributed by atoms with Gasteiger partial charge in [0.05, 0.1) is 29.0 Å². The lowest BCUT2D eigenvalue weighted by Crippen LogP contribution is -2.30. The number of nitrogens with two attached hydrogens (primary N) is 1. The number of halogens is 1. The van der Waals surface area contributed by atoms with E-state index < -0.39 is 26.1 Å². The number of benzene rings is 1. The number of amides is 1. The maximum absolute atomic E-state index is 15.1. The summed E-state index contributed by atoms with van der Waals surface area (Å²) < 4.78 is 43.0. The van der Waals surface area contributed by atoms with Crippen molar-refractivity contribution in [1.29, 1.82) is 0 Å². The third-order valence-corrected chi connectivity index (χ3v) is 8.24. The molecule has 1 saturated heterocycles. The van der Waals surface area contributed by atoms with Crippen LogP contribution in [-0.4, -0.2) is 77.3 Å². The molecule has 1 saturated carbocycles. The molecule has 1 aliphatic heterocycles. The van der Waals surface area contributed by atoms with Crippen LogP contribution in [0.5, 0.6) is 11.8 Å². The van der Waals surface area contributed by atoms with Crippen molar-refractivity contribution in [2.45, 2.75) is 25.8 Å². The molecule has 41 heavy (non-hydrogen) atoms. The first-order valence-electron chi connectivity index (χ1n) is 13.0. The Morgan fingerprint density at radius 1 is 1.27 bits per heavy atom. The van der Waals surface area contributed by atoms with Crippen LogP contribution in [0, 0.1) is 18.2 Å². The molecular formula is C26H30FN8O5P. The van der Waals surface area contributed by atoms with E-state index in [4.69, 9.17) is 24.7 Å². The number of hydrogen-bond donors (Lipinski definition) is 2. The average molecular weight is 585 g/mol. The summed E-state index contributed by atoms with van der Waals surface area (Å²) in [6.45, 7) is 5.35. The number of H-pyrrole nitrogens is 1. The highest BCUT2D eigenvalue weighted by atomic mass is 31.2. The van der Waals surface area contributed by atoms with Crippen molar-refractivity contribution in [3.05, 3.63) is 36.2 Å². The maximum atomic E-state index is 15.1. The van der Waals surface area contributed by atoms with Crippen molar-refractivity contribution in [1.82, 2.24) is 24.9 Å². The zero-order valence-electron chi connectivity index (χ0n) is 23.0. The lowest BCUT2D eigenvalue weighted by atomic mass is 10.0. The van der Waals surface area contributed by atoms with E-state index >= 15 is 4.39 Å². The van der Waals surface area contributed by atoms with Crippen molar-refractivity contribution in [3.8, 4) is 11.8 Å². The zero-order chi connectivity index (χ0) is 29.1. The van der Waals surface area contributed by atoms with Gasteiger partial charge in [-0.15, -0.1) is 0 Å². The number of aromatic amines is 1. The molecule has 1 atom stereocenters. The summed E-state index contributed by atoms with van der Waals surface area (Å²) in [5.41, 5.74) is 7.58. The summed E-state index contributed by atoms with van der Waals surface area (Å²) in [6.07, 6.45) is 4.31. The van der Waals surface area contributed by atoms with E-state index in [0.29, 0.717) is 52.4 Å². The molecule has 0 bridgehead atoms. The Bertz CT molecular complexity index is 1700. The Kier molecular flexibility index (Phi) is 6.59. The van der Waals surface area contributed by atoms with Gasteiger partial charge in [-0.05, 0) is 31.9 Å². The van der Waals surface area contributed by atoms with E-state index in [9.17, 15) is 9.36 Å². The Morgan fingerprint density at radius 2 is 2.00 bits per heavy atom. The maximum Gasteiger partial charge on any atom is 0.416 e. The Hall–Kier alpha value is -3.87. The molecule has 1 aliphatic carbocycles. The lowest BCUT2D eigenvalue weighted by molar-refractivity contribution is 0.0681. The first-order chi connectivity index (χ1) is 19.4. The van der Waals surface area contributed by atoms with Gasteiger partial charge in [0.15, 0.2) is 13.1 Å². The summed E-state index contributed by atoms with van der Waals surface area (Å²) >= 11 is 0. The van der Waals surface area contributed by atoms with Crippen LogP contribution >= 0.6 is 7.37 Å². The molecule has 6 rings (SSSR count). The minimum absolute atomic E-state index is 0.0236. The Balaban J connectivity index is 1.44. The highest BCUT2D eigenvalue weighted by molar-refractivity contribution is 7.57. The first-order valence-corrected chi connectivity index (χ1v) is 15.5. The minimum Gasteiger partial charge on any atom is -0.422 e. The van der Waals surface area contributed by atoms with Crippen LogP contribution in [0.15, 0.2) is 24.5 Å². The summed E-state index contributed by atoms with van der Waals surface area (Å²) in [4.78, 5) is 36.9. The molecule has 13 nitrogen and oxygen atoms in total. The number of aromatic nitrogens is 5. The van der Waals surface area contributed by atoms with E-state index in [0.717, 1.165) is 17.7 Å². The predicted molar refractivity (Wildman–Crippen MR) is 150 cm³/mol. The number of nitrogens with zero attached hydrogens (tertiary/aromatic N) is 6. The predicted octanol–water partition coefficient (Wildman–Crippen LogP) is 4.15. The summed E-state index contributed by atoms with van der Waals surface area (Å²) in [5.74, 6) is 0.915. The topological polar surface area (TPSA) is 162 Å². The van der Waals surface area contributed by atoms with E-state index in [-0.39, 0.29) is 23.2 Å². The van der Waals surface area contributed by atoms with Gasteiger partial charge in [-0.2, -0.15) is 9.97 Å². The van der Waals surface area contributed by atoms with Gasteiger partial charge in [0.25, 0.3) is 0 Å². The van der Waals surface area contributed by atoms with Crippen LogP contribution in [0.4, 0.5) is 20.7 Å². The number of hydrogen-bond acceptors (Lipinski definition) is 11. The molecule has 1 spiro atoms.